The minimum atomic E-state index is -1.98. The molecule has 3 aliphatic rings. The van der Waals surface area contributed by atoms with Gasteiger partial charge in [0.2, 0.25) is 0 Å². The highest BCUT2D eigenvalue weighted by Crippen LogP contribution is 2.80. The molecule has 0 spiro atoms. The largest absolute Gasteiger partial charge is 0.481 e. The summed E-state index contributed by atoms with van der Waals surface area (Å²) in [7, 11) is 0. The van der Waals surface area contributed by atoms with Gasteiger partial charge in [0, 0.05) is 0 Å². The van der Waals surface area contributed by atoms with E-state index in [2.05, 4.69) is 0 Å². The van der Waals surface area contributed by atoms with E-state index in [1.165, 1.54) is 0 Å². The maximum atomic E-state index is 11.0. The highest BCUT2D eigenvalue weighted by atomic mass is 16.4. The van der Waals surface area contributed by atoms with Crippen LogP contribution in [0.15, 0.2) is 0 Å². The van der Waals surface area contributed by atoms with Crippen molar-refractivity contribution < 1.29 is 39.6 Å². The molecule has 17 heavy (non-hydrogen) atoms. The zero-order valence-corrected chi connectivity index (χ0v) is 8.28. The van der Waals surface area contributed by atoms with Crippen molar-refractivity contribution in [1.82, 2.24) is 0 Å². The lowest BCUT2D eigenvalue weighted by molar-refractivity contribution is -0.308. The molecule has 8 nitrogen and oxygen atoms in total. The first-order valence-electron chi connectivity index (χ1n) is 4.65. The molecule has 0 amide bonds. The quantitative estimate of drug-likeness (QED) is 0.489. The Balaban J connectivity index is 2.51. The van der Waals surface area contributed by atoms with Crippen molar-refractivity contribution in [3.05, 3.63) is 0 Å². The average Bonchev–Trinajstić information content (AvgIpc) is 1.94. The van der Waals surface area contributed by atoms with Crippen LogP contribution in [-0.4, -0.2) is 44.3 Å². The van der Waals surface area contributed by atoms with Gasteiger partial charge in [-0.2, -0.15) is 0 Å². The van der Waals surface area contributed by atoms with E-state index in [-0.39, 0.29) is 0 Å². The summed E-state index contributed by atoms with van der Waals surface area (Å²) in [6, 6.07) is 0. The van der Waals surface area contributed by atoms with Crippen LogP contribution in [0.4, 0.5) is 0 Å². The summed E-state index contributed by atoms with van der Waals surface area (Å²) in [4.78, 5) is 43.8. The Morgan fingerprint density at radius 1 is 0.765 bits per heavy atom. The monoisotopic (exact) mass is 244 g/mol. The summed E-state index contributed by atoms with van der Waals surface area (Å²) in [5.41, 5.74) is -3.95. The zero-order chi connectivity index (χ0) is 13.2. The predicted molar refractivity (Wildman–Crippen MR) is 47.0 cm³/mol. The molecular weight excluding hydrogens is 236 g/mol. The third-order valence-corrected chi connectivity index (χ3v) is 3.94. The van der Waals surface area contributed by atoms with Gasteiger partial charge in [0.25, 0.3) is 0 Å². The normalized spacial score (nSPS) is 41.9. The summed E-state index contributed by atoms with van der Waals surface area (Å²) in [5.74, 6) is -9.66. The summed E-state index contributed by atoms with van der Waals surface area (Å²) < 4.78 is 0. The number of hydrogen-bond acceptors (Lipinski definition) is 4. The highest BCUT2D eigenvalue weighted by molar-refractivity contribution is 6.05. The first-order valence-corrected chi connectivity index (χ1v) is 4.65. The molecule has 8 heteroatoms. The lowest BCUT2D eigenvalue weighted by atomic mass is 9.23. The molecule has 0 atom stereocenters. The van der Waals surface area contributed by atoms with Gasteiger partial charge in [-0.05, 0) is 6.42 Å². The molecule has 0 aliphatic heterocycles. The summed E-state index contributed by atoms with van der Waals surface area (Å²) in [5, 5.41) is 35.6. The van der Waals surface area contributed by atoms with Gasteiger partial charge in [-0.15, -0.1) is 0 Å². The molecule has 0 heterocycles. The molecule has 3 rings (SSSR count). The number of rotatable bonds is 4. The average molecular weight is 244 g/mol. The molecule has 0 aromatic rings. The topological polar surface area (TPSA) is 149 Å². The molecule has 92 valence electrons. The molecule has 0 aromatic carbocycles. The molecule has 4 N–H and O–H groups in total. The van der Waals surface area contributed by atoms with Crippen LogP contribution in [0, 0.1) is 22.7 Å². The van der Waals surface area contributed by atoms with Crippen LogP contribution < -0.4 is 0 Å². The minimum Gasteiger partial charge on any atom is -0.481 e. The van der Waals surface area contributed by atoms with Gasteiger partial charge in [0.05, 0.1) is 22.7 Å². The van der Waals surface area contributed by atoms with Gasteiger partial charge < -0.3 is 20.4 Å². The maximum Gasteiger partial charge on any atom is 0.311 e. The SMILES string of the molecule is O=C(O)C1C2(C(=O)O)CC1(C(=O)O)C2C(=O)O. The van der Waals surface area contributed by atoms with Crippen LogP contribution >= 0.6 is 0 Å². The second kappa shape index (κ2) is 2.76. The molecule has 0 radical (unpaired) electrons. The Hall–Kier alpha value is -2.12. The molecule has 3 saturated carbocycles. The number of hydrogen-bond donors (Lipinski definition) is 4. The number of carboxylic acid groups (broad SMARTS) is 4. The van der Waals surface area contributed by atoms with E-state index in [1.807, 2.05) is 0 Å². The van der Waals surface area contributed by atoms with Gasteiger partial charge in [0.1, 0.15) is 0 Å². The van der Waals surface area contributed by atoms with Crippen molar-refractivity contribution in [2.75, 3.05) is 0 Å². The van der Waals surface area contributed by atoms with Crippen molar-refractivity contribution in [3.8, 4) is 0 Å². The first kappa shape index (κ1) is 11.4. The molecular formula is C9H8O8. The summed E-state index contributed by atoms with van der Waals surface area (Å²) in [6.07, 6.45) is -0.446. The molecule has 0 saturated heterocycles. The predicted octanol–water partition coefficient (Wildman–Crippen LogP) is -1.05. The minimum absolute atomic E-state index is 0.446. The van der Waals surface area contributed by atoms with Gasteiger partial charge >= 0.3 is 23.9 Å². The number of carbonyl (C=O) groups is 4. The van der Waals surface area contributed by atoms with Gasteiger partial charge in [-0.3, -0.25) is 19.2 Å². The summed E-state index contributed by atoms with van der Waals surface area (Å²) in [6.45, 7) is 0. The van der Waals surface area contributed by atoms with Gasteiger partial charge in [-0.25, -0.2) is 0 Å². The van der Waals surface area contributed by atoms with Crippen LogP contribution in [-0.2, 0) is 19.2 Å². The third kappa shape index (κ3) is 0.855. The van der Waals surface area contributed by atoms with Crippen LogP contribution in [0.3, 0.4) is 0 Å². The standard InChI is InChI=1S/C9H8O8/c10-4(11)2-8(6(14)15)1-9(2,7(16)17)3(8)5(12)13/h2-3H,1H2,(H,10,11)(H,12,13)(H,14,15)(H,16,17). The third-order valence-electron chi connectivity index (χ3n) is 3.94. The number of aliphatic carboxylic acids is 4. The van der Waals surface area contributed by atoms with Crippen molar-refractivity contribution in [1.29, 1.82) is 0 Å². The molecule has 0 aromatic heterocycles. The van der Waals surface area contributed by atoms with Gasteiger partial charge in [-0.1, -0.05) is 0 Å². The van der Waals surface area contributed by atoms with Crippen molar-refractivity contribution in [2.24, 2.45) is 22.7 Å². The Labute approximate surface area is 93.5 Å². The van der Waals surface area contributed by atoms with Crippen LogP contribution in [0.2, 0.25) is 0 Å². The Morgan fingerprint density at radius 2 is 1.06 bits per heavy atom. The maximum absolute atomic E-state index is 11.0. The Morgan fingerprint density at radius 3 is 1.24 bits per heavy atom. The Bertz CT molecular complexity index is 414. The lowest BCUT2D eigenvalue weighted by Crippen LogP contribution is -2.86. The Kier molecular flexibility index (Phi) is 1.85. The van der Waals surface area contributed by atoms with Crippen LogP contribution in [0.1, 0.15) is 6.42 Å². The molecule has 3 aliphatic carbocycles. The van der Waals surface area contributed by atoms with E-state index in [9.17, 15) is 19.2 Å². The van der Waals surface area contributed by atoms with Gasteiger partial charge in [0.15, 0.2) is 0 Å². The van der Waals surface area contributed by atoms with Crippen molar-refractivity contribution in [2.45, 2.75) is 6.42 Å². The second-order valence-corrected chi connectivity index (χ2v) is 4.41. The zero-order valence-electron chi connectivity index (χ0n) is 8.28. The fourth-order valence-electron chi connectivity index (χ4n) is 3.31. The molecule has 3 fully saturated rings. The van der Waals surface area contributed by atoms with E-state index in [0.29, 0.717) is 0 Å². The highest BCUT2D eigenvalue weighted by Gasteiger charge is 2.93. The molecule has 2 bridgehead atoms. The van der Waals surface area contributed by atoms with Crippen LogP contribution in [0.25, 0.3) is 0 Å². The van der Waals surface area contributed by atoms with Crippen LogP contribution in [0.5, 0.6) is 0 Å². The molecule has 0 unspecified atom stereocenters. The van der Waals surface area contributed by atoms with E-state index in [1.54, 1.807) is 0 Å². The van der Waals surface area contributed by atoms with E-state index >= 15 is 0 Å². The van der Waals surface area contributed by atoms with E-state index in [4.69, 9.17) is 20.4 Å². The van der Waals surface area contributed by atoms with E-state index < -0.39 is 53.0 Å². The fraction of sp³-hybridized carbons (Fsp3) is 0.556. The van der Waals surface area contributed by atoms with E-state index in [0.717, 1.165) is 0 Å². The smallest absolute Gasteiger partial charge is 0.311 e. The lowest BCUT2D eigenvalue weighted by Gasteiger charge is -2.72. The second-order valence-electron chi connectivity index (χ2n) is 4.41. The van der Waals surface area contributed by atoms with Crippen molar-refractivity contribution >= 4 is 23.9 Å². The first-order chi connectivity index (χ1) is 7.72. The van der Waals surface area contributed by atoms with Crippen molar-refractivity contribution in [3.63, 3.8) is 0 Å². The fourth-order valence-corrected chi connectivity index (χ4v) is 3.31. The summed E-state index contributed by atoms with van der Waals surface area (Å²) >= 11 is 0. The number of carboxylic acids is 4.